The molecule has 27 heteroatoms. The molecule has 0 spiro atoms. The van der Waals surface area contributed by atoms with Gasteiger partial charge in [0.05, 0.1) is 13.7 Å². The van der Waals surface area contributed by atoms with Gasteiger partial charge in [-0.3, -0.25) is 15.3 Å². The maximum atomic E-state index is 15.0. The van der Waals surface area contributed by atoms with Crippen molar-refractivity contribution in [3.63, 3.8) is 0 Å². The quantitative estimate of drug-likeness (QED) is 0.0163. The number of methoxy groups -OCH3 is 1. The molecule has 0 bridgehead atoms. The number of allylic oxidation sites excluding steroid dienone is 3. The van der Waals surface area contributed by atoms with E-state index in [9.17, 15) is 75.4 Å². The number of alkyl halides is 17. The smallest absolute Gasteiger partial charge is 0.460 e. The van der Waals surface area contributed by atoms with Crippen molar-refractivity contribution in [3.05, 3.63) is 78.4 Å². The fourth-order valence-corrected chi connectivity index (χ4v) is 11.0. The molecule has 0 aliphatic rings. The van der Waals surface area contributed by atoms with E-state index in [1.165, 1.54) is 76.7 Å². The number of rotatable bonds is 26. The lowest BCUT2D eigenvalue weighted by molar-refractivity contribution is -0.461. The van der Waals surface area contributed by atoms with E-state index in [1.54, 1.807) is 30.3 Å². The third-order valence-electron chi connectivity index (χ3n) is 10.6. The van der Waals surface area contributed by atoms with Gasteiger partial charge in [-0.05, 0) is 78.4 Å². The summed E-state index contributed by atoms with van der Waals surface area (Å²) < 4.78 is 258. The molecular formula is C41H47F17N2O7Si. The first-order chi connectivity index (χ1) is 31.0. The molecule has 0 saturated heterocycles. The van der Waals surface area contributed by atoms with Crippen LogP contribution in [-0.4, -0.2) is 93.5 Å². The molecule has 9 nitrogen and oxygen atoms in total. The number of benzene rings is 2. The van der Waals surface area contributed by atoms with E-state index < -0.39 is 111 Å². The topological polar surface area (TPSA) is 115 Å². The summed E-state index contributed by atoms with van der Waals surface area (Å²) in [6.07, 6.45) is -5.27. The number of amides is 2. The molecule has 68 heavy (non-hydrogen) atoms. The van der Waals surface area contributed by atoms with Crippen LogP contribution in [0.25, 0.3) is 0 Å². The van der Waals surface area contributed by atoms with Crippen LogP contribution in [0.15, 0.2) is 72.8 Å². The molecule has 2 aromatic rings. The lowest BCUT2D eigenvalue weighted by Gasteiger charge is -2.44. The second-order valence-electron chi connectivity index (χ2n) is 15.6. The van der Waals surface area contributed by atoms with E-state index in [2.05, 4.69) is 5.32 Å². The Morgan fingerprint density at radius 1 is 0.676 bits per heavy atom. The van der Waals surface area contributed by atoms with Crippen LogP contribution in [0.2, 0.25) is 17.1 Å². The summed E-state index contributed by atoms with van der Waals surface area (Å²) in [5.41, 5.74) is 0.481. The van der Waals surface area contributed by atoms with Gasteiger partial charge in [0.15, 0.2) is 8.32 Å². The Bertz CT molecular complexity index is 1990. The third kappa shape index (κ3) is 12.9. The van der Waals surface area contributed by atoms with Gasteiger partial charge in [0.1, 0.15) is 24.2 Å². The zero-order chi connectivity index (χ0) is 52.4. The minimum absolute atomic E-state index is 0.131. The number of hydrogen-bond donors (Lipinski definition) is 3. The monoisotopic (exact) mass is 1030 g/mol. The first-order valence-corrected chi connectivity index (χ1v) is 22.3. The van der Waals surface area contributed by atoms with Crippen LogP contribution in [0, 0.1) is 0 Å². The van der Waals surface area contributed by atoms with Crippen LogP contribution in [-0.2, 0) is 14.0 Å². The van der Waals surface area contributed by atoms with Gasteiger partial charge in [-0.15, -0.1) is 0 Å². The molecule has 0 fully saturated rings. The molecule has 2 amide bonds. The number of carbonyl (C=O) groups is 2. The fourth-order valence-electron chi connectivity index (χ4n) is 6.55. The molecule has 2 rings (SSSR count). The summed E-state index contributed by atoms with van der Waals surface area (Å²) in [7, 11) is -2.56. The molecule has 0 aromatic heterocycles. The summed E-state index contributed by atoms with van der Waals surface area (Å²) >= 11 is 0. The van der Waals surface area contributed by atoms with Crippen molar-refractivity contribution in [2.75, 3.05) is 25.6 Å². The van der Waals surface area contributed by atoms with Crippen molar-refractivity contribution >= 4 is 26.0 Å². The number of hydrogen-bond acceptors (Lipinski definition) is 7. The molecule has 0 radical (unpaired) electrons. The summed E-state index contributed by atoms with van der Waals surface area (Å²) in [6.45, 7) is 4.32. The minimum Gasteiger partial charge on any atom is -0.497 e. The van der Waals surface area contributed by atoms with Crippen molar-refractivity contribution in [2.45, 2.75) is 124 Å². The second kappa shape index (κ2) is 22.8. The van der Waals surface area contributed by atoms with Crippen LogP contribution in [0.1, 0.15) is 65.0 Å². The highest BCUT2D eigenvalue weighted by molar-refractivity contribution is 6.76. The number of nitrogens with one attached hydrogen (secondary N) is 2. The van der Waals surface area contributed by atoms with E-state index in [0.29, 0.717) is 29.8 Å². The van der Waals surface area contributed by atoms with Crippen molar-refractivity contribution in [3.8, 4) is 11.5 Å². The predicted octanol–water partition coefficient (Wildman–Crippen LogP) is 13.3. The Morgan fingerprint density at radius 2 is 1.18 bits per heavy atom. The highest BCUT2D eigenvalue weighted by atomic mass is 28.4. The van der Waals surface area contributed by atoms with Crippen LogP contribution >= 0.6 is 0 Å². The summed E-state index contributed by atoms with van der Waals surface area (Å²) in [4.78, 5) is 24.0. The zero-order valence-electron chi connectivity index (χ0n) is 36.4. The van der Waals surface area contributed by atoms with E-state index in [-0.39, 0.29) is 12.2 Å². The van der Waals surface area contributed by atoms with Gasteiger partial charge in [0.2, 0.25) is 0 Å². The Balaban J connectivity index is 2.25. The second-order valence-corrected chi connectivity index (χ2v) is 20.6. The minimum atomic E-state index is -8.70. The third-order valence-corrected chi connectivity index (χ3v) is 16.3. The molecular weight excluding hydrogens is 984 g/mol. The number of anilines is 1. The number of carbonyl (C=O) groups excluding carboxylic acids is 2. The zero-order valence-corrected chi connectivity index (χ0v) is 37.4. The molecule has 3 N–H and O–H groups in total. The Morgan fingerprint density at radius 3 is 1.66 bits per heavy atom. The molecule has 1 atom stereocenters. The molecule has 0 aliphatic carbocycles. The SMILES string of the molecule is COc1ccc(NC(=O)O[C@@H](CCC/C=C/C=C/C(=O)NO)c2ccc(OCCO[Si](CCC(F)(F)C(F)(F)C(F)(F)C(F)(F)C(F)(F)C(F)(F)C(F)(F)C(F)(F)F)(C(C)C)C(C)C)cc2)cc1. The molecule has 386 valence electrons. The van der Waals surface area contributed by atoms with E-state index in [1.807, 2.05) is 0 Å². The highest BCUT2D eigenvalue weighted by Crippen LogP contribution is 2.64. The average molecular weight is 1030 g/mol. The van der Waals surface area contributed by atoms with Gasteiger partial charge in [0, 0.05) is 18.2 Å². The number of hydroxylamine groups is 1. The summed E-state index contributed by atoms with van der Waals surface area (Å²) in [6, 6.07) is 10.8. The van der Waals surface area contributed by atoms with Crippen LogP contribution in [0.5, 0.6) is 11.5 Å². The molecule has 0 aliphatic heterocycles. The Labute approximate surface area is 379 Å². The van der Waals surface area contributed by atoms with E-state index >= 15 is 8.78 Å². The van der Waals surface area contributed by atoms with Crippen LogP contribution in [0.3, 0.4) is 0 Å². The number of unbranched alkanes of at least 4 members (excludes halogenated alkanes) is 1. The van der Waals surface area contributed by atoms with E-state index in [0.717, 1.165) is 6.08 Å². The normalized spacial score (nSPS) is 14.5. The molecule has 0 heterocycles. The van der Waals surface area contributed by atoms with Crippen molar-refractivity contribution in [2.24, 2.45) is 0 Å². The van der Waals surface area contributed by atoms with Crippen LogP contribution in [0.4, 0.5) is 85.1 Å². The fraction of sp³-hybridized carbons (Fsp3) is 0.561. The highest BCUT2D eigenvalue weighted by Gasteiger charge is 2.95. The van der Waals surface area contributed by atoms with Crippen molar-refractivity contribution in [1.29, 1.82) is 0 Å². The molecule has 0 saturated carbocycles. The van der Waals surface area contributed by atoms with Gasteiger partial charge in [-0.25, -0.2) is 10.3 Å². The van der Waals surface area contributed by atoms with Gasteiger partial charge in [-0.2, -0.15) is 74.6 Å². The lowest BCUT2D eigenvalue weighted by Crippen LogP contribution is -2.74. The molecule has 0 unspecified atom stereocenters. The van der Waals surface area contributed by atoms with Crippen LogP contribution < -0.4 is 20.3 Å². The maximum absolute atomic E-state index is 15.0. The Hall–Kier alpha value is -4.79. The first-order valence-electron chi connectivity index (χ1n) is 20.0. The van der Waals surface area contributed by atoms with Crippen molar-refractivity contribution in [1.82, 2.24) is 5.48 Å². The lowest BCUT2D eigenvalue weighted by atomic mass is 9.88. The van der Waals surface area contributed by atoms with Gasteiger partial charge >= 0.3 is 53.7 Å². The summed E-state index contributed by atoms with van der Waals surface area (Å²) in [5, 5.41) is 11.1. The van der Waals surface area contributed by atoms with Gasteiger partial charge in [-0.1, -0.05) is 58.1 Å². The first kappa shape index (κ1) is 59.3. The van der Waals surface area contributed by atoms with Crippen molar-refractivity contribution < 1.29 is 108 Å². The number of halogens is 17. The van der Waals surface area contributed by atoms with Gasteiger partial charge in [0.25, 0.3) is 5.91 Å². The van der Waals surface area contributed by atoms with E-state index in [4.69, 9.17) is 23.8 Å². The predicted molar refractivity (Wildman–Crippen MR) is 212 cm³/mol. The summed E-state index contributed by atoms with van der Waals surface area (Å²) in [5.74, 6) is -57.0. The molecule has 2 aromatic carbocycles. The number of ether oxygens (including phenoxy) is 3. The van der Waals surface area contributed by atoms with Gasteiger partial charge < -0.3 is 18.6 Å². The largest absolute Gasteiger partial charge is 0.497 e. The Kier molecular flexibility index (Phi) is 19.9. The average Bonchev–Trinajstić information content (AvgIpc) is 3.24. The standard InChI is InChI=1S/C41H47F17N2O7Si/c1-25(2)68(26(3)4,24-21-34(42,43)35(44,45)36(46,47)37(48,49)38(50,51)39(52,53)40(54,55)41(56,57)58)66-23-22-65-30-17-13-27(14-18-30)31(11-9-7-6-8-10-12-32(61)60-63)67-33(62)59-28-15-19-29(64-5)20-16-28/h6,8,10,12-20,25-26,31,63H,7,9,11,21-24H2,1-5H3,(H,59,62)(H,60,61)/b8-6+,12-10+/t31-/m0/s1. The maximum Gasteiger partial charge on any atom is 0.460 e.